The summed E-state index contributed by atoms with van der Waals surface area (Å²) in [6.45, 7) is 1.95. The lowest BCUT2D eigenvalue weighted by atomic mass is 9.99. The fourth-order valence-electron chi connectivity index (χ4n) is 3.15. The van der Waals surface area contributed by atoms with E-state index in [1.54, 1.807) is 6.07 Å². The number of amides is 1. The summed E-state index contributed by atoms with van der Waals surface area (Å²) in [4.78, 5) is 13.2. The average Bonchev–Trinajstić information content (AvgIpc) is 2.97. The summed E-state index contributed by atoms with van der Waals surface area (Å²) in [5.41, 5.74) is 1.04. The van der Waals surface area contributed by atoms with Crippen LogP contribution in [0.15, 0.2) is 60.7 Å². The van der Waals surface area contributed by atoms with E-state index in [0.29, 0.717) is 20.0 Å². The first kappa shape index (κ1) is 17.0. The van der Waals surface area contributed by atoms with E-state index in [-0.39, 0.29) is 17.8 Å². The lowest BCUT2D eigenvalue weighted by Gasteiger charge is -2.16. The van der Waals surface area contributed by atoms with Crippen molar-refractivity contribution in [3.63, 3.8) is 0 Å². The minimum Gasteiger partial charge on any atom is -0.345 e. The summed E-state index contributed by atoms with van der Waals surface area (Å²) in [5, 5.41) is 6.31. The van der Waals surface area contributed by atoms with Crippen LogP contribution in [0.2, 0.25) is 5.02 Å². The zero-order chi connectivity index (χ0) is 18.3. The lowest BCUT2D eigenvalue weighted by molar-refractivity contribution is 0.0944. The van der Waals surface area contributed by atoms with Crippen molar-refractivity contribution in [1.29, 1.82) is 0 Å². The molecule has 0 fully saturated rings. The Hall–Kier alpha value is -2.43. The van der Waals surface area contributed by atoms with Crippen LogP contribution in [0.25, 0.3) is 20.9 Å². The highest BCUT2D eigenvalue weighted by Gasteiger charge is 2.20. The predicted octanol–water partition coefficient (Wildman–Crippen LogP) is 6.34. The summed E-state index contributed by atoms with van der Waals surface area (Å²) in [7, 11) is 0. The number of carbonyl (C=O) groups is 1. The molecular weight excluding hydrogens is 369 g/mol. The first-order chi connectivity index (χ1) is 12.5. The van der Waals surface area contributed by atoms with Crippen LogP contribution in [0, 0.1) is 5.82 Å². The van der Waals surface area contributed by atoms with Crippen molar-refractivity contribution >= 4 is 49.7 Å². The molecule has 130 valence electrons. The molecule has 1 amide bonds. The van der Waals surface area contributed by atoms with Crippen molar-refractivity contribution in [2.45, 2.75) is 13.0 Å². The number of hydrogen-bond donors (Lipinski definition) is 1. The third-order valence-electron chi connectivity index (χ3n) is 4.44. The maximum atomic E-state index is 13.4. The zero-order valence-corrected chi connectivity index (χ0v) is 15.5. The molecule has 1 unspecified atom stereocenters. The fraction of sp³-hybridized carbons (Fsp3) is 0.0952. The minimum absolute atomic E-state index is 0.188. The Labute approximate surface area is 159 Å². The Morgan fingerprint density at radius 3 is 2.69 bits per heavy atom. The molecule has 0 bridgehead atoms. The molecule has 1 aromatic heterocycles. The topological polar surface area (TPSA) is 29.1 Å². The molecule has 1 N–H and O–H groups in total. The molecule has 0 aliphatic rings. The monoisotopic (exact) mass is 383 g/mol. The molecule has 3 aromatic carbocycles. The van der Waals surface area contributed by atoms with Crippen molar-refractivity contribution in [2.75, 3.05) is 0 Å². The van der Waals surface area contributed by atoms with Gasteiger partial charge in [0.1, 0.15) is 10.7 Å². The second-order valence-corrected chi connectivity index (χ2v) is 7.58. The molecule has 4 rings (SSSR count). The second kappa shape index (κ2) is 6.71. The number of halogens is 2. The average molecular weight is 384 g/mol. The van der Waals surface area contributed by atoms with Crippen LogP contribution >= 0.6 is 22.9 Å². The second-order valence-electron chi connectivity index (χ2n) is 6.15. The normalized spacial score (nSPS) is 12.4. The van der Waals surface area contributed by atoms with Gasteiger partial charge in [-0.05, 0) is 41.5 Å². The summed E-state index contributed by atoms with van der Waals surface area (Å²) >= 11 is 7.56. The van der Waals surface area contributed by atoms with Gasteiger partial charge in [-0.2, -0.15) is 0 Å². The Kier molecular flexibility index (Phi) is 4.39. The maximum Gasteiger partial charge on any atom is 0.263 e. The van der Waals surface area contributed by atoms with Crippen LogP contribution in [0.4, 0.5) is 4.39 Å². The van der Waals surface area contributed by atoms with Gasteiger partial charge in [-0.1, -0.05) is 54.1 Å². The number of rotatable bonds is 3. The van der Waals surface area contributed by atoms with Crippen LogP contribution < -0.4 is 5.32 Å². The van der Waals surface area contributed by atoms with E-state index in [4.69, 9.17) is 11.6 Å². The van der Waals surface area contributed by atoms with Gasteiger partial charge in [0.15, 0.2) is 0 Å². The van der Waals surface area contributed by atoms with Gasteiger partial charge in [0.25, 0.3) is 5.91 Å². The standard InChI is InChI=1S/C21H15ClFNOS/c1-12(15-8-4-6-13-5-2-3-7-16(13)15)24-21(25)20-19(22)17-10-9-14(23)11-18(17)26-20/h2-12H,1H3,(H,24,25). The van der Waals surface area contributed by atoms with Crippen LogP contribution in [0.1, 0.15) is 28.2 Å². The van der Waals surface area contributed by atoms with E-state index in [1.807, 2.05) is 49.4 Å². The number of thiophene rings is 1. The summed E-state index contributed by atoms with van der Waals surface area (Å²) in [5.74, 6) is -0.594. The molecular formula is C21H15ClFNOS. The van der Waals surface area contributed by atoms with Crippen LogP contribution in [-0.2, 0) is 0 Å². The maximum absolute atomic E-state index is 13.4. The van der Waals surface area contributed by atoms with Crippen molar-refractivity contribution < 1.29 is 9.18 Å². The lowest BCUT2D eigenvalue weighted by Crippen LogP contribution is -2.26. The van der Waals surface area contributed by atoms with Crippen LogP contribution in [0.3, 0.4) is 0 Å². The number of fused-ring (bicyclic) bond motifs is 2. The number of hydrogen-bond acceptors (Lipinski definition) is 2. The van der Waals surface area contributed by atoms with Crippen LogP contribution in [-0.4, -0.2) is 5.91 Å². The van der Waals surface area contributed by atoms with Gasteiger partial charge in [-0.25, -0.2) is 4.39 Å². The molecule has 0 spiro atoms. The molecule has 0 radical (unpaired) electrons. The largest absolute Gasteiger partial charge is 0.345 e. The van der Waals surface area contributed by atoms with E-state index in [1.165, 1.54) is 23.5 Å². The Morgan fingerprint density at radius 1 is 1.08 bits per heavy atom. The van der Waals surface area contributed by atoms with E-state index >= 15 is 0 Å². The molecule has 0 saturated carbocycles. The number of carbonyl (C=O) groups excluding carboxylic acids is 1. The third kappa shape index (κ3) is 2.96. The van der Waals surface area contributed by atoms with Gasteiger partial charge in [0.2, 0.25) is 0 Å². The van der Waals surface area contributed by atoms with Gasteiger partial charge in [-0.3, -0.25) is 4.79 Å². The van der Waals surface area contributed by atoms with Crippen molar-refractivity contribution in [3.8, 4) is 0 Å². The highest BCUT2D eigenvalue weighted by molar-refractivity contribution is 7.21. The summed E-state index contributed by atoms with van der Waals surface area (Å²) in [6, 6.07) is 18.3. The molecule has 26 heavy (non-hydrogen) atoms. The highest BCUT2D eigenvalue weighted by Crippen LogP contribution is 2.36. The SMILES string of the molecule is CC(NC(=O)c1sc2cc(F)ccc2c1Cl)c1cccc2ccccc12. The summed E-state index contributed by atoms with van der Waals surface area (Å²) < 4.78 is 14.1. The Balaban J connectivity index is 1.66. The predicted molar refractivity (Wildman–Crippen MR) is 107 cm³/mol. The molecule has 2 nitrogen and oxygen atoms in total. The van der Waals surface area contributed by atoms with Crippen molar-refractivity contribution in [2.24, 2.45) is 0 Å². The molecule has 5 heteroatoms. The van der Waals surface area contributed by atoms with E-state index < -0.39 is 0 Å². The number of nitrogens with one attached hydrogen (secondary N) is 1. The minimum atomic E-state index is -0.341. The van der Waals surface area contributed by atoms with Gasteiger partial charge in [0.05, 0.1) is 11.1 Å². The van der Waals surface area contributed by atoms with E-state index in [2.05, 4.69) is 5.32 Å². The van der Waals surface area contributed by atoms with Gasteiger partial charge in [-0.15, -0.1) is 11.3 Å². The summed E-state index contributed by atoms with van der Waals surface area (Å²) in [6.07, 6.45) is 0. The number of benzene rings is 3. The van der Waals surface area contributed by atoms with Gasteiger partial charge >= 0.3 is 0 Å². The molecule has 4 aromatic rings. The fourth-order valence-corrected chi connectivity index (χ4v) is 4.60. The van der Waals surface area contributed by atoms with Crippen molar-refractivity contribution in [1.82, 2.24) is 5.32 Å². The molecule has 0 aliphatic carbocycles. The quantitative estimate of drug-likeness (QED) is 0.439. The Morgan fingerprint density at radius 2 is 1.85 bits per heavy atom. The third-order valence-corrected chi connectivity index (χ3v) is 6.09. The first-order valence-corrected chi connectivity index (χ1v) is 9.40. The Bertz CT molecular complexity index is 1130. The van der Waals surface area contributed by atoms with Gasteiger partial charge in [0, 0.05) is 10.1 Å². The van der Waals surface area contributed by atoms with Crippen molar-refractivity contribution in [3.05, 3.63) is 81.9 Å². The molecule has 0 saturated heterocycles. The van der Waals surface area contributed by atoms with E-state index in [0.717, 1.165) is 16.3 Å². The highest BCUT2D eigenvalue weighted by atomic mass is 35.5. The smallest absolute Gasteiger partial charge is 0.263 e. The molecule has 1 atom stereocenters. The molecule has 0 aliphatic heterocycles. The molecule has 1 heterocycles. The van der Waals surface area contributed by atoms with E-state index in [9.17, 15) is 9.18 Å². The zero-order valence-electron chi connectivity index (χ0n) is 13.9. The van der Waals surface area contributed by atoms with Crippen LogP contribution in [0.5, 0.6) is 0 Å². The first-order valence-electron chi connectivity index (χ1n) is 8.20. The van der Waals surface area contributed by atoms with Gasteiger partial charge < -0.3 is 5.32 Å².